The SMILES string of the molecule is Cc1[c-]cccc1.O=C(O)CC(=O)O.[Li+]. The van der Waals surface area contributed by atoms with Crippen molar-refractivity contribution in [3.05, 3.63) is 35.9 Å². The molecule has 0 aliphatic rings. The van der Waals surface area contributed by atoms with E-state index in [0.29, 0.717) is 0 Å². The predicted molar refractivity (Wildman–Crippen MR) is 49.9 cm³/mol. The topological polar surface area (TPSA) is 74.6 Å². The molecule has 0 saturated carbocycles. The summed E-state index contributed by atoms with van der Waals surface area (Å²) in [6.45, 7) is 2.03. The Morgan fingerprint density at radius 3 is 1.93 bits per heavy atom. The van der Waals surface area contributed by atoms with Gasteiger partial charge in [-0.05, 0) is 0 Å². The quantitative estimate of drug-likeness (QED) is 0.342. The summed E-state index contributed by atoms with van der Waals surface area (Å²) in [5, 5.41) is 15.4. The van der Waals surface area contributed by atoms with Gasteiger partial charge < -0.3 is 10.2 Å². The number of carboxylic acids is 2. The number of rotatable bonds is 2. The number of hydrogen-bond donors (Lipinski definition) is 2. The van der Waals surface area contributed by atoms with Gasteiger partial charge >= 0.3 is 30.8 Å². The molecular formula is C10H11LiO4. The third kappa shape index (κ3) is 12.8. The Balaban J connectivity index is 0. The maximum absolute atomic E-state index is 9.43. The zero-order valence-electron chi connectivity index (χ0n) is 8.73. The van der Waals surface area contributed by atoms with Crippen LogP contribution in [0.5, 0.6) is 0 Å². The molecule has 4 nitrogen and oxygen atoms in total. The van der Waals surface area contributed by atoms with Gasteiger partial charge in [0.2, 0.25) is 0 Å². The average molecular weight is 202 g/mol. The molecule has 0 radical (unpaired) electrons. The maximum Gasteiger partial charge on any atom is 1.00 e. The summed E-state index contributed by atoms with van der Waals surface area (Å²) >= 11 is 0. The van der Waals surface area contributed by atoms with Gasteiger partial charge in [0.25, 0.3) is 0 Å². The number of carboxylic acid groups (broad SMARTS) is 2. The first-order valence-corrected chi connectivity index (χ1v) is 3.89. The Bertz CT molecular complexity index is 286. The minimum atomic E-state index is -1.31. The number of aliphatic carboxylic acids is 2. The van der Waals surface area contributed by atoms with E-state index in [2.05, 4.69) is 6.07 Å². The first-order valence-electron chi connectivity index (χ1n) is 3.89. The zero-order valence-corrected chi connectivity index (χ0v) is 8.73. The van der Waals surface area contributed by atoms with Crippen molar-refractivity contribution in [2.75, 3.05) is 0 Å². The number of carbonyl (C=O) groups is 2. The van der Waals surface area contributed by atoms with Gasteiger partial charge in [0.15, 0.2) is 0 Å². The van der Waals surface area contributed by atoms with E-state index in [4.69, 9.17) is 10.2 Å². The van der Waals surface area contributed by atoms with Gasteiger partial charge in [-0.3, -0.25) is 9.59 Å². The Kier molecular flexibility index (Phi) is 10.1. The van der Waals surface area contributed by atoms with Crippen LogP contribution >= 0.6 is 0 Å². The molecule has 5 heteroatoms. The van der Waals surface area contributed by atoms with Gasteiger partial charge in [-0.2, -0.15) is 35.9 Å². The summed E-state index contributed by atoms with van der Waals surface area (Å²) in [4.78, 5) is 18.9. The molecule has 1 aromatic carbocycles. The Morgan fingerprint density at radius 2 is 1.80 bits per heavy atom. The molecule has 0 spiro atoms. The van der Waals surface area contributed by atoms with Crippen molar-refractivity contribution in [1.29, 1.82) is 0 Å². The van der Waals surface area contributed by atoms with Crippen molar-refractivity contribution >= 4 is 11.9 Å². The van der Waals surface area contributed by atoms with Crippen molar-refractivity contribution in [3.8, 4) is 0 Å². The normalized spacial score (nSPS) is 7.80. The van der Waals surface area contributed by atoms with E-state index in [9.17, 15) is 9.59 Å². The van der Waals surface area contributed by atoms with E-state index in [1.807, 2.05) is 31.2 Å². The molecule has 1 aromatic rings. The van der Waals surface area contributed by atoms with Crippen molar-refractivity contribution in [3.63, 3.8) is 0 Å². The number of benzene rings is 1. The maximum atomic E-state index is 9.43. The molecule has 0 unspecified atom stereocenters. The third-order valence-corrected chi connectivity index (χ3v) is 1.17. The second-order valence-electron chi connectivity index (χ2n) is 2.51. The molecule has 0 aromatic heterocycles. The van der Waals surface area contributed by atoms with Gasteiger partial charge in [0.1, 0.15) is 6.42 Å². The van der Waals surface area contributed by atoms with Crippen molar-refractivity contribution < 1.29 is 38.7 Å². The van der Waals surface area contributed by atoms with E-state index < -0.39 is 18.4 Å². The average Bonchev–Trinajstić information content (AvgIpc) is 2.03. The molecule has 0 fully saturated rings. The molecule has 0 aliphatic carbocycles. The number of aryl methyl sites for hydroxylation is 1. The fraction of sp³-hybridized carbons (Fsp3) is 0.200. The summed E-state index contributed by atoms with van der Waals surface area (Å²) in [7, 11) is 0. The smallest absolute Gasteiger partial charge is 0.481 e. The van der Waals surface area contributed by atoms with Crippen LogP contribution in [0, 0.1) is 13.0 Å². The van der Waals surface area contributed by atoms with Gasteiger partial charge in [-0.15, -0.1) is 0 Å². The first-order chi connectivity index (χ1) is 6.52. The van der Waals surface area contributed by atoms with Crippen LogP contribution in [0.4, 0.5) is 0 Å². The molecule has 76 valence electrons. The van der Waals surface area contributed by atoms with Crippen LogP contribution < -0.4 is 18.9 Å². The van der Waals surface area contributed by atoms with Gasteiger partial charge in [-0.25, -0.2) is 0 Å². The second kappa shape index (κ2) is 9.32. The Hall–Kier alpha value is -1.24. The van der Waals surface area contributed by atoms with Crippen molar-refractivity contribution in [1.82, 2.24) is 0 Å². The largest absolute Gasteiger partial charge is 1.00 e. The predicted octanol–water partition coefficient (Wildman–Crippen LogP) is -1.66. The van der Waals surface area contributed by atoms with Crippen LogP contribution in [-0.2, 0) is 9.59 Å². The summed E-state index contributed by atoms with van der Waals surface area (Å²) in [5.41, 5.74) is 1.20. The first kappa shape index (κ1) is 16.2. The van der Waals surface area contributed by atoms with Crippen LogP contribution in [-0.4, -0.2) is 22.2 Å². The summed E-state index contributed by atoms with van der Waals surface area (Å²) in [6.07, 6.45) is -0.806. The minimum absolute atomic E-state index is 0. The molecular weight excluding hydrogens is 191 g/mol. The molecule has 1 rings (SSSR count). The molecule has 0 saturated heterocycles. The fourth-order valence-corrected chi connectivity index (χ4v) is 0.612. The number of hydrogen-bond acceptors (Lipinski definition) is 2. The van der Waals surface area contributed by atoms with Gasteiger partial charge in [0.05, 0.1) is 0 Å². The molecule has 2 N–H and O–H groups in total. The van der Waals surface area contributed by atoms with Crippen LogP contribution in [0.25, 0.3) is 0 Å². The van der Waals surface area contributed by atoms with E-state index in [-0.39, 0.29) is 18.9 Å². The summed E-state index contributed by atoms with van der Waals surface area (Å²) < 4.78 is 0. The molecule has 0 bridgehead atoms. The van der Waals surface area contributed by atoms with Crippen LogP contribution in [0.2, 0.25) is 0 Å². The third-order valence-electron chi connectivity index (χ3n) is 1.17. The monoisotopic (exact) mass is 202 g/mol. The molecule has 0 aliphatic heterocycles. The molecule has 0 amide bonds. The Morgan fingerprint density at radius 1 is 1.27 bits per heavy atom. The van der Waals surface area contributed by atoms with E-state index in [1.54, 1.807) is 0 Å². The minimum Gasteiger partial charge on any atom is -0.481 e. The zero-order chi connectivity index (χ0) is 11.0. The van der Waals surface area contributed by atoms with Gasteiger partial charge in [-0.1, -0.05) is 6.92 Å². The van der Waals surface area contributed by atoms with Crippen LogP contribution in [0.15, 0.2) is 24.3 Å². The standard InChI is InChI=1S/C7H7.C3H4O4.Li/c1-7-5-3-2-4-6-7;4-2(5)1-3(6)7;/h2-5H,1H3;1H2,(H,4,5)(H,6,7);/q-1;;+1. The summed E-state index contributed by atoms with van der Waals surface area (Å²) in [6, 6.07) is 10.9. The van der Waals surface area contributed by atoms with Crippen LogP contribution in [0.1, 0.15) is 12.0 Å². The molecule has 0 heterocycles. The van der Waals surface area contributed by atoms with E-state index >= 15 is 0 Å². The Labute approximate surface area is 100 Å². The van der Waals surface area contributed by atoms with Crippen molar-refractivity contribution in [2.24, 2.45) is 0 Å². The van der Waals surface area contributed by atoms with E-state index in [0.717, 1.165) is 0 Å². The summed E-state index contributed by atoms with van der Waals surface area (Å²) in [5.74, 6) is -2.62. The molecule has 15 heavy (non-hydrogen) atoms. The fourth-order valence-electron chi connectivity index (χ4n) is 0.612. The van der Waals surface area contributed by atoms with E-state index in [1.165, 1.54) is 5.56 Å². The molecule has 0 atom stereocenters. The van der Waals surface area contributed by atoms with Crippen molar-refractivity contribution in [2.45, 2.75) is 13.3 Å². The van der Waals surface area contributed by atoms with Crippen LogP contribution in [0.3, 0.4) is 0 Å². The van der Waals surface area contributed by atoms with Gasteiger partial charge in [0, 0.05) is 0 Å². The second-order valence-corrected chi connectivity index (χ2v) is 2.51.